The Morgan fingerprint density at radius 1 is 1.24 bits per heavy atom. The van der Waals surface area contributed by atoms with Crippen LogP contribution in [0, 0.1) is 19.7 Å². The normalized spacial score (nSPS) is 12.3. The van der Waals surface area contributed by atoms with Gasteiger partial charge in [0.15, 0.2) is 0 Å². The Hall–Kier alpha value is -1.39. The molecule has 0 heterocycles. The molecule has 0 spiro atoms. The largest absolute Gasteiger partial charge is 0.496 e. The van der Waals surface area contributed by atoms with Crippen LogP contribution in [0.25, 0.3) is 0 Å². The van der Waals surface area contributed by atoms with Crippen LogP contribution in [0.15, 0.2) is 34.8 Å². The number of benzene rings is 2. The minimum Gasteiger partial charge on any atom is -0.496 e. The van der Waals surface area contributed by atoms with Crippen LogP contribution in [0.1, 0.15) is 28.3 Å². The van der Waals surface area contributed by atoms with E-state index in [1.807, 2.05) is 33.0 Å². The summed E-state index contributed by atoms with van der Waals surface area (Å²) in [6, 6.07) is 9.12. The van der Waals surface area contributed by atoms with Crippen LogP contribution < -0.4 is 10.1 Å². The topological polar surface area (TPSA) is 21.3 Å². The first-order valence-corrected chi connectivity index (χ1v) is 7.55. The maximum absolute atomic E-state index is 14.4. The van der Waals surface area contributed by atoms with Gasteiger partial charge in [0.2, 0.25) is 0 Å². The molecule has 1 unspecified atom stereocenters. The fraction of sp³-hybridized carbons (Fsp3) is 0.294. The molecule has 2 aromatic carbocycles. The highest BCUT2D eigenvalue weighted by Gasteiger charge is 2.23. The Morgan fingerprint density at radius 2 is 1.95 bits per heavy atom. The summed E-state index contributed by atoms with van der Waals surface area (Å²) in [5.74, 6) is 0.519. The van der Waals surface area contributed by atoms with Crippen LogP contribution in [-0.4, -0.2) is 14.2 Å². The van der Waals surface area contributed by atoms with E-state index in [1.165, 1.54) is 0 Å². The smallest absolute Gasteiger partial charge is 0.142 e. The lowest BCUT2D eigenvalue weighted by molar-refractivity contribution is 0.403. The van der Waals surface area contributed by atoms with E-state index in [1.54, 1.807) is 19.2 Å². The van der Waals surface area contributed by atoms with Crippen LogP contribution in [0.4, 0.5) is 4.39 Å². The zero-order valence-corrected chi connectivity index (χ0v) is 14.2. The van der Waals surface area contributed by atoms with Gasteiger partial charge in [-0.25, -0.2) is 4.39 Å². The number of hydrogen-bond acceptors (Lipinski definition) is 2. The lowest BCUT2D eigenvalue weighted by Gasteiger charge is -2.23. The minimum atomic E-state index is -0.266. The highest BCUT2D eigenvalue weighted by atomic mass is 79.9. The Labute approximate surface area is 133 Å². The molecule has 0 fully saturated rings. The summed E-state index contributed by atoms with van der Waals surface area (Å²) < 4.78 is 20.4. The van der Waals surface area contributed by atoms with Gasteiger partial charge in [-0.15, -0.1) is 0 Å². The summed E-state index contributed by atoms with van der Waals surface area (Å²) >= 11 is 3.25. The van der Waals surface area contributed by atoms with Crippen LogP contribution in [0.2, 0.25) is 0 Å². The quantitative estimate of drug-likeness (QED) is 0.873. The fourth-order valence-corrected chi connectivity index (χ4v) is 3.06. The lowest BCUT2D eigenvalue weighted by Crippen LogP contribution is -2.21. The van der Waals surface area contributed by atoms with Crippen molar-refractivity contribution in [3.8, 4) is 5.75 Å². The van der Waals surface area contributed by atoms with E-state index in [9.17, 15) is 4.39 Å². The van der Waals surface area contributed by atoms with Crippen LogP contribution >= 0.6 is 15.9 Å². The third kappa shape index (κ3) is 3.11. The highest BCUT2D eigenvalue weighted by Crippen LogP contribution is 2.36. The molecule has 4 heteroatoms. The van der Waals surface area contributed by atoms with Gasteiger partial charge in [0.05, 0.1) is 17.6 Å². The third-order valence-electron chi connectivity index (χ3n) is 3.58. The van der Waals surface area contributed by atoms with Crippen LogP contribution in [0.5, 0.6) is 5.75 Å². The van der Waals surface area contributed by atoms with Gasteiger partial charge < -0.3 is 10.1 Å². The maximum Gasteiger partial charge on any atom is 0.142 e. The average molecular weight is 352 g/mol. The minimum absolute atomic E-state index is 0.251. The molecule has 0 aliphatic carbocycles. The van der Waals surface area contributed by atoms with E-state index in [-0.39, 0.29) is 11.9 Å². The fourth-order valence-electron chi connectivity index (χ4n) is 2.68. The van der Waals surface area contributed by atoms with E-state index >= 15 is 0 Å². The van der Waals surface area contributed by atoms with Gasteiger partial charge in [0.1, 0.15) is 11.6 Å². The summed E-state index contributed by atoms with van der Waals surface area (Å²) in [6.45, 7) is 4.04. The second kappa shape index (κ2) is 6.58. The Balaban J connectivity index is 2.64. The molecule has 0 aliphatic rings. The molecule has 0 aromatic heterocycles. The van der Waals surface area contributed by atoms with Gasteiger partial charge in [-0.3, -0.25) is 0 Å². The number of nitrogens with one attached hydrogen (secondary N) is 1. The number of rotatable bonds is 4. The summed E-state index contributed by atoms with van der Waals surface area (Å²) in [6.07, 6.45) is 0. The number of halogens is 2. The van der Waals surface area contributed by atoms with E-state index in [2.05, 4.69) is 27.3 Å². The van der Waals surface area contributed by atoms with Crippen molar-refractivity contribution in [3.63, 3.8) is 0 Å². The highest BCUT2D eigenvalue weighted by molar-refractivity contribution is 9.10. The second-order valence-electron chi connectivity index (χ2n) is 5.06. The second-order valence-corrected chi connectivity index (χ2v) is 5.92. The first-order chi connectivity index (χ1) is 9.99. The van der Waals surface area contributed by atoms with Crippen molar-refractivity contribution >= 4 is 15.9 Å². The Morgan fingerprint density at radius 3 is 2.57 bits per heavy atom. The molecule has 0 amide bonds. The molecule has 21 heavy (non-hydrogen) atoms. The molecule has 0 aliphatic heterocycles. The van der Waals surface area contributed by atoms with Gasteiger partial charge in [0, 0.05) is 11.1 Å². The zero-order chi connectivity index (χ0) is 15.6. The number of hydrogen-bond donors (Lipinski definition) is 1. The maximum atomic E-state index is 14.4. The monoisotopic (exact) mass is 351 g/mol. The third-order valence-corrected chi connectivity index (χ3v) is 4.20. The predicted octanol–water partition coefficient (Wildman–Crippen LogP) is 4.52. The van der Waals surface area contributed by atoms with Crippen molar-refractivity contribution in [1.29, 1.82) is 0 Å². The average Bonchev–Trinajstić information content (AvgIpc) is 2.45. The summed E-state index contributed by atoms with van der Waals surface area (Å²) in [5.41, 5.74) is 3.75. The Kier molecular flexibility index (Phi) is 5.01. The first-order valence-electron chi connectivity index (χ1n) is 6.76. The first kappa shape index (κ1) is 16.0. The molecular weight excluding hydrogens is 333 g/mol. The van der Waals surface area contributed by atoms with Gasteiger partial charge in [0.25, 0.3) is 0 Å². The molecule has 0 radical (unpaired) electrons. The Bertz CT molecular complexity index is 657. The summed E-state index contributed by atoms with van der Waals surface area (Å²) in [7, 11) is 3.46. The molecule has 1 N–H and O–H groups in total. The SMILES string of the molecule is CNC(c1cccc(Br)c1F)c1c(C)cc(C)cc1OC. The summed E-state index contributed by atoms with van der Waals surface area (Å²) in [5, 5.41) is 3.20. The standard InChI is InChI=1S/C17H19BrFNO/c1-10-8-11(2)15(14(9-10)21-4)17(20-3)12-6-5-7-13(18)16(12)19/h5-9,17,20H,1-4H3. The van der Waals surface area contributed by atoms with Gasteiger partial charge in [-0.1, -0.05) is 18.2 Å². The lowest BCUT2D eigenvalue weighted by atomic mass is 9.92. The molecular formula is C17H19BrFNO. The van der Waals surface area contributed by atoms with Crippen molar-refractivity contribution in [3.05, 3.63) is 62.9 Å². The van der Waals surface area contributed by atoms with Crippen molar-refractivity contribution in [2.24, 2.45) is 0 Å². The van der Waals surface area contributed by atoms with Crippen LogP contribution in [0.3, 0.4) is 0 Å². The van der Waals surface area contributed by atoms with E-state index < -0.39 is 0 Å². The van der Waals surface area contributed by atoms with Crippen molar-refractivity contribution < 1.29 is 9.13 Å². The van der Waals surface area contributed by atoms with Gasteiger partial charge >= 0.3 is 0 Å². The van der Waals surface area contributed by atoms with E-state index in [0.29, 0.717) is 10.0 Å². The zero-order valence-electron chi connectivity index (χ0n) is 12.6. The molecule has 0 saturated carbocycles. The predicted molar refractivity (Wildman–Crippen MR) is 87.5 cm³/mol. The van der Waals surface area contributed by atoms with E-state index in [4.69, 9.17) is 4.74 Å². The van der Waals surface area contributed by atoms with Crippen molar-refractivity contribution in [1.82, 2.24) is 5.32 Å². The number of methoxy groups -OCH3 is 1. The molecule has 0 saturated heterocycles. The van der Waals surface area contributed by atoms with Gasteiger partial charge in [-0.2, -0.15) is 0 Å². The molecule has 2 rings (SSSR count). The molecule has 0 bridgehead atoms. The van der Waals surface area contributed by atoms with Gasteiger partial charge in [-0.05, 0) is 60.1 Å². The van der Waals surface area contributed by atoms with Crippen molar-refractivity contribution in [2.75, 3.05) is 14.2 Å². The van der Waals surface area contributed by atoms with Crippen LogP contribution in [-0.2, 0) is 0 Å². The molecule has 2 aromatic rings. The molecule has 1 atom stereocenters. The molecule has 2 nitrogen and oxygen atoms in total. The van der Waals surface area contributed by atoms with Crippen molar-refractivity contribution in [2.45, 2.75) is 19.9 Å². The molecule has 112 valence electrons. The summed E-state index contributed by atoms with van der Waals surface area (Å²) in [4.78, 5) is 0. The number of aryl methyl sites for hydroxylation is 2. The number of ether oxygens (including phenoxy) is 1. The van der Waals surface area contributed by atoms with E-state index in [0.717, 1.165) is 22.4 Å².